The fraction of sp³-hybridized carbons (Fsp3) is 0.231. The van der Waals surface area contributed by atoms with Gasteiger partial charge in [0.15, 0.2) is 23.0 Å². The van der Waals surface area contributed by atoms with Crippen molar-refractivity contribution in [3.8, 4) is 11.5 Å². The van der Waals surface area contributed by atoms with Crippen LogP contribution in [0.2, 0.25) is 0 Å². The molecule has 0 fully saturated rings. The van der Waals surface area contributed by atoms with Gasteiger partial charge < -0.3 is 18.7 Å². The number of hydrogen-bond acceptors (Lipinski definition) is 7. The molecule has 1 amide bonds. The number of benzene rings is 1. The summed E-state index contributed by atoms with van der Waals surface area (Å²) in [7, 11) is 1.82. The van der Waals surface area contributed by atoms with Crippen LogP contribution in [0.25, 0.3) is 0 Å². The van der Waals surface area contributed by atoms with Crippen molar-refractivity contribution in [2.24, 2.45) is 5.18 Å². The van der Waals surface area contributed by atoms with E-state index in [1.807, 2.05) is 9.24 Å². The zero-order valence-corrected chi connectivity index (χ0v) is 12.7. The summed E-state index contributed by atoms with van der Waals surface area (Å²) in [6.45, 7) is 0.215. The third kappa shape index (κ3) is 3.52. The van der Waals surface area contributed by atoms with E-state index in [0.29, 0.717) is 5.75 Å². The van der Waals surface area contributed by atoms with E-state index in [2.05, 4.69) is 10.3 Å². The molecular formula is C13H10FN2O6P. The van der Waals surface area contributed by atoms with Crippen molar-refractivity contribution in [1.82, 2.24) is 5.16 Å². The maximum atomic E-state index is 13.5. The van der Waals surface area contributed by atoms with E-state index in [1.54, 1.807) is 18.2 Å². The smallest absolute Gasteiger partial charge is 0.418 e. The monoisotopic (exact) mass is 340 g/mol. The summed E-state index contributed by atoms with van der Waals surface area (Å²) in [4.78, 5) is 21.1. The van der Waals surface area contributed by atoms with Gasteiger partial charge in [0.05, 0.1) is 6.61 Å². The van der Waals surface area contributed by atoms with Crippen LogP contribution >= 0.6 is 9.24 Å². The third-order valence-corrected chi connectivity index (χ3v) is 3.12. The largest absolute Gasteiger partial charge is 0.420 e. The van der Waals surface area contributed by atoms with E-state index in [1.165, 1.54) is 6.07 Å². The fourth-order valence-electron chi connectivity index (χ4n) is 1.93. The van der Waals surface area contributed by atoms with Crippen molar-refractivity contribution in [3.63, 3.8) is 0 Å². The maximum Gasteiger partial charge on any atom is 0.418 e. The fourth-order valence-corrected chi connectivity index (χ4v) is 2.18. The summed E-state index contributed by atoms with van der Waals surface area (Å²) in [5.74, 6) is -2.43. The SMILES string of the molecule is O=NC(=O)c1cc(COCc2ccc3c(c2)OC(F)(P)O3)on1. The Kier molecular flexibility index (Phi) is 4.06. The Morgan fingerprint density at radius 1 is 1.30 bits per heavy atom. The van der Waals surface area contributed by atoms with Gasteiger partial charge in [0.1, 0.15) is 6.61 Å². The van der Waals surface area contributed by atoms with Crippen LogP contribution in [0.15, 0.2) is 34.0 Å². The molecular weight excluding hydrogens is 330 g/mol. The molecule has 0 bridgehead atoms. The number of carbonyl (C=O) groups excluding carboxylic acids is 1. The molecule has 10 heteroatoms. The number of ether oxygens (including phenoxy) is 3. The standard InChI is InChI=1S/C13H10FN2O6P/c14-13(23)20-10-2-1-7(3-11(10)21-13)5-19-6-8-4-9(16-22-8)12(17)15-18/h1-4H,5-6,23H2. The summed E-state index contributed by atoms with van der Waals surface area (Å²) in [5, 5.41) is 5.63. The van der Waals surface area contributed by atoms with Gasteiger partial charge in [-0.15, -0.1) is 4.91 Å². The Balaban J connectivity index is 1.57. The Labute approximate surface area is 131 Å². The molecule has 1 aromatic carbocycles. The summed E-state index contributed by atoms with van der Waals surface area (Å²) < 4.78 is 33.6. The van der Waals surface area contributed by atoms with Gasteiger partial charge in [-0.25, -0.2) is 0 Å². The first-order chi connectivity index (χ1) is 11.0. The topological polar surface area (TPSA) is 100 Å². The second-order valence-electron chi connectivity index (χ2n) is 4.64. The Hall–Kier alpha value is -2.38. The molecule has 0 saturated heterocycles. The summed E-state index contributed by atoms with van der Waals surface area (Å²) in [5.41, 5.74) is 0.543. The van der Waals surface area contributed by atoms with E-state index in [0.717, 1.165) is 5.56 Å². The third-order valence-electron chi connectivity index (χ3n) is 2.88. The molecule has 0 saturated carbocycles. The highest BCUT2D eigenvalue weighted by Crippen LogP contribution is 2.43. The molecule has 2 unspecified atom stereocenters. The van der Waals surface area contributed by atoms with Crippen LogP contribution in [-0.4, -0.2) is 16.8 Å². The number of fused-ring (bicyclic) bond motifs is 1. The van der Waals surface area contributed by atoms with Crippen molar-refractivity contribution < 1.29 is 27.9 Å². The van der Waals surface area contributed by atoms with E-state index >= 15 is 0 Å². The minimum Gasteiger partial charge on any atom is -0.420 e. The molecule has 120 valence electrons. The van der Waals surface area contributed by atoms with Crippen LogP contribution in [0.3, 0.4) is 0 Å². The van der Waals surface area contributed by atoms with Crippen LogP contribution in [0.4, 0.5) is 4.39 Å². The molecule has 1 aliphatic heterocycles. The van der Waals surface area contributed by atoms with Crippen molar-refractivity contribution in [2.75, 3.05) is 0 Å². The number of carbonyl (C=O) groups is 1. The molecule has 1 aromatic heterocycles. The van der Waals surface area contributed by atoms with E-state index in [4.69, 9.17) is 18.7 Å². The highest BCUT2D eigenvalue weighted by atomic mass is 31.0. The van der Waals surface area contributed by atoms with Gasteiger partial charge in [-0.05, 0) is 26.9 Å². The molecule has 2 heterocycles. The van der Waals surface area contributed by atoms with Gasteiger partial charge in [0.25, 0.3) is 0 Å². The highest BCUT2D eigenvalue weighted by molar-refractivity contribution is 7.18. The first-order valence-electron chi connectivity index (χ1n) is 6.36. The van der Waals surface area contributed by atoms with Crippen molar-refractivity contribution in [2.45, 2.75) is 19.0 Å². The molecule has 3 rings (SSSR count). The molecule has 2 atom stereocenters. The van der Waals surface area contributed by atoms with E-state index < -0.39 is 11.7 Å². The lowest BCUT2D eigenvalue weighted by Crippen LogP contribution is -2.23. The predicted molar refractivity (Wildman–Crippen MR) is 76.4 cm³/mol. The van der Waals surface area contributed by atoms with Crippen LogP contribution in [0.5, 0.6) is 11.5 Å². The summed E-state index contributed by atoms with van der Waals surface area (Å²) >= 11 is 0. The lowest BCUT2D eigenvalue weighted by Gasteiger charge is -2.10. The van der Waals surface area contributed by atoms with Crippen molar-refractivity contribution in [1.29, 1.82) is 0 Å². The molecule has 8 nitrogen and oxygen atoms in total. The van der Waals surface area contributed by atoms with E-state index in [-0.39, 0.29) is 30.4 Å². The van der Waals surface area contributed by atoms with Crippen molar-refractivity contribution >= 4 is 15.1 Å². The van der Waals surface area contributed by atoms with Gasteiger partial charge >= 0.3 is 11.7 Å². The van der Waals surface area contributed by atoms with Gasteiger partial charge in [-0.3, -0.25) is 4.79 Å². The molecule has 0 N–H and O–H groups in total. The average molecular weight is 340 g/mol. The van der Waals surface area contributed by atoms with Gasteiger partial charge in [0.2, 0.25) is 0 Å². The molecule has 1 aliphatic rings. The number of halogens is 1. The van der Waals surface area contributed by atoms with Crippen LogP contribution < -0.4 is 9.47 Å². The molecule has 0 aliphatic carbocycles. The minimum absolute atomic E-state index is 0.0320. The molecule has 0 spiro atoms. The average Bonchev–Trinajstić information content (AvgIpc) is 3.08. The maximum absolute atomic E-state index is 13.5. The normalized spacial score (nSPS) is 18.9. The predicted octanol–water partition coefficient (Wildman–Crippen LogP) is 2.53. The second kappa shape index (κ2) is 6.02. The lowest BCUT2D eigenvalue weighted by atomic mass is 10.2. The first-order valence-corrected chi connectivity index (χ1v) is 6.94. The summed E-state index contributed by atoms with van der Waals surface area (Å²) in [6.07, 6.45) is 0. The minimum atomic E-state index is -2.25. The number of nitroso groups, excluding NO2 is 1. The van der Waals surface area contributed by atoms with Gasteiger partial charge in [-0.1, -0.05) is 11.2 Å². The highest BCUT2D eigenvalue weighted by Gasteiger charge is 2.36. The second-order valence-corrected chi connectivity index (χ2v) is 5.32. The van der Waals surface area contributed by atoms with Gasteiger partial charge in [-0.2, -0.15) is 4.39 Å². The molecule has 2 aromatic rings. The quantitative estimate of drug-likeness (QED) is 0.609. The summed E-state index contributed by atoms with van der Waals surface area (Å²) in [6, 6.07) is 6.13. The van der Waals surface area contributed by atoms with Crippen LogP contribution in [0, 0.1) is 4.91 Å². The number of nitrogens with zero attached hydrogens (tertiary/aromatic N) is 2. The lowest BCUT2D eigenvalue weighted by molar-refractivity contribution is -0.104. The Morgan fingerprint density at radius 2 is 2.09 bits per heavy atom. The molecule has 0 radical (unpaired) electrons. The zero-order chi connectivity index (χ0) is 16.4. The number of hydrogen-bond donors (Lipinski definition) is 0. The number of amides is 1. The van der Waals surface area contributed by atoms with Crippen molar-refractivity contribution in [3.05, 3.63) is 46.2 Å². The number of alkyl halides is 1. The van der Waals surface area contributed by atoms with Crippen LogP contribution in [0.1, 0.15) is 21.8 Å². The number of rotatable bonds is 5. The number of aromatic nitrogens is 1. The van der Waals surface area contributed by atoms with Crippen LogP contribution in [-0.2, 0) is 18.0 Å². The zero-order valence-electron chi connectivity index (χ0n) is 11.5. The Bertz CT molecular complexity index is 763. The van der Waals surface area contributed by atoms with E-state index in [9.17, 15) is 14.1 Å². The Morgan fingerprint density at radius 3 is 2.87 bits per heavy atom. The van der Waals surface area contributed by atoms with Gasteiger partial charge in [0, 0.05) is 11.2 Å². The first kappa shape index (κ1) is 15.5. The molecule has 23 heavy (non-hydrogen) atoms.